The standard InChI is InChI=1S/C16H36NO.BrH/c1-5-6-7-8-9-10-11-12-13-14-15-17(3,4)16(2)18;/h16,18H,5-15H2,1-4H3;1H/q+1;/p-1. The number of hydrogen-bond donors (Lipinski definition) is 1. The van der Waals surface area contributed by atoms with E-state index in [9.17, 15) is 5.11 Å². The molecule has 19 heavy (non-hydrogen) atoms. The maximum absolute atomic E-state index is 9.60. The highest BCUT2D eigenvalue weighted by atomic mass is 79.9. The predicted molar refractivity (Wildman–Crippen MR) is 80.5 cm³/mol. The second-order valence-electron chi connectivity index (χ2n) is 6.32. The Balaban J connectivity index is 0. The second kappa shape index (κ2) is 13.4. The van der Waals surface area contributed by atoms with Crippen molar-refractivity contribution in [2.45, 2.75) is 84.3 Å². The molecule has 0 aliphatic heterocycles. The molecule has 1 atom stereocenters. The molecule has 2 nitrogen and oxygen atoms in total. The minimum Gasteiger partial charge on any atom is -1.00 e. The summed E-state index contributed by atoms with van der Waals surface area (Å²) < 4.78 is 0.733. The van der Waals surface area contributed by atoms with Crippen molar-refractivity contribution in [3.05, 3.63) is 0 Å². The summed E-state index contributed by atoms with van der Waals surface area (Å²) in [5, 5.41) is 9.60. The van der Waals surface area contributed by atoms with E-state index >= 15 is 0 Å². The van der Waals surface area contributed by atoms with Crippen LogP contribution in [0.5, 0.6) is 0 Å². The lowest BCUT2D eigenvalue weighted by atomic mass is 10.1. The van der Waals surface area contributed by atoms with E-state index < -0.39 is 0 Å². The van der Waals surface area contributed by atoms with Crippen molar-refractivity contribution in [3.8, 4) is 0 Å². The minimum atomic E-state index is -0.247. The smallest absolute Gasteiger partial charge is 0.187 e. The number of aliphatic hydroxyl groups is 1. The zero-order chi connectivity index (χ0) is 13.9. The molecule has 0 aromatic carbocycles. The molecule has 0 aliphatic carbocycles. The van der Waals surface area contributed by atoms with Gasteiger partial charge in [0.15, 0.2) is 6.23 Å². The first-order chi connectivity index (χ1) is 8.50. The van der Waals surface area contributed by atoms with Crippen molar-refractivity contribution in [2.24, 2.45) is 0 Å². The molecule has 0 saturated heterocycles. The van der Waals surface area contributed by atoms with Crippen molar-refractivity contribution in [1.82, 2.24) is 0 Å². The molecular weight excluding hydrogens is 302 g/mol. The van der Waals surface area contributed by atoms with E-state index in [1.165, 1.54) is 64.2 Å². The van der Waals surface area contributed by atoms with Crippen LogP contribution in [0.1, 0.15) is 78.1 Å². The van der Waals surface area contributed by atoms with E-state index in [0.717, 1.165) is 11.0 Å². The topological polar surface area (TPSA) is 20.2 Å². The molecule has 1 unspecified atom stereocenters. The lowest BCUT2D eigenvalue weighted by molar-refractivity contribution is -0.934. The summed E-state index contributed by atoms with van der Waals surface area (Å²) in [6, 6.07) is 0. The highest BCUT2D eigenvalue weighted by molar-refractivity contribution is 4.47. The van der Waals surface area contributed by atoms with Crippen LogP contribution in [0.4, 0.5) is 0 Å². The van der Waals surface area contributed by atoms with E-state index in [-0.39, 0.29) is 23.2 Å². The molecule has 118 valence electrons. The van der Waals surface area contributed by atoms with Crippen LogP contribution in [0.25, 0.3) is 0 Å². The van der Waals surface area contributed by atoms with Crippen LogP contribution in [0.15, 0.2) is 0 Å². The van der Waals surface area contributed by atoms with Gasteiger partial charge in [0.25, 0.3) is 0 Å². The monoisotopic (exact) mass is 337 g/mol. The number of quaternary nitrogens is 1. The Bertz CT molecular complexity index is 184. The minimum absolute atomic E-state index is 0. The first kappa shape index (κ1) is 21.7. The number of unbranched alkanes of at least 4 members (excludes halogenated alkanes) is 9. The van der Waals surface area contributed by atoms with Crippen molar-refractivity contribution >= 4 is 0 Å². The van der Waals surface area contributed by atoms with Crippen LogP contribution in [-0.2, 0) is 0 Å². The third kappa shape index (κ3) is 13.1. The second-order valence-corrected chi connectivity index (χ2v) is 6.32. The molecule has 0 bridgehead atoms. The van der Waals surface area contributed by atoms with Gasteiger partial charge < -0.3 is 26.6 Å². The number of aliphatic hydroxyl groups excluding tert-OH is 1. The summed E-state index contributed by atoms with van der Waals surface area (Å²) in [4.78, 5) is 0. The van der Waals surface area contributed by atoms with Gasteiger partial charge in [0.05, 0.1) is 20.6 Å². The first-order valence-corrected chi connectivity index (χ1v) is 8.01. The molecule has 0 aromatic rings. The lowest BCUT2D eigenvalue weighted by Crippen LogP contribution is -3.00. The fourth-order valence-electron chi connectivity index (χ4n) is 2.19. The molecule has 0 saturated carbocycles. The van der Waals surface area contributed by atoms with Gasteiger partial charge in [-0.2, -0.15) is 0 Å². The van der Waals surface area contributed by atoms with Crippen LogP contribution in [0.3, 0.4) is 0 Å². The van der Waals surface area contributed by atoms with E-state index in [1.54, 1.807) is 0 Å². The number of halogens is 1. The van der Waals surface area contributed by atoms with E-state index in [2.05, 4.69) is 21.0 Å². The van der Waals surface area contributed by atoms with E-state index in [0.29, 0.717) is 0 Å². The maximum atomic E-state index is 9.60. The summed E-state index contributed by atoms with van der Waals surface area (Å²) in [7, 11) is 4.22. The zero-order valence-corrected chi connectivity index (χ0v) is 15.2. The number of nitrogens with zero attached hydrogens (tertiary/aromatic N) is 1. The SMILES string of the molecule is CCCCCCCCCCCC[N+](C)(C)C(C)O.[Br-]. The summed E-state index contributed by atoms with van der Waals surface area (Å²) in [5.41, 5.74) is 0. The molecule has 0 spiro atoms. The molecule has 0 aromatic heterocycles. The average molecular weight is 338 g/mol. The molecule has 1 N–H and O–H groups in total. The van der Waals surface area contributed by atoms with Crippen LogP contribution in [0, 0.1) is 0 Å². The molecule has 0 aliphatic rings. The van der Waals surface area contributed by atoms with Crippen LogP contribution >= 0.6 is 0 Å². The molecule has 0 rings (SSSR count). The van der Waals surface area contributed by atoms with Gasteiger partial charge in [-0.3, -0.25) is 0 Å². The fraction of sp³-hybridized carbons (Fsp3) is 1.00. The van der Waals surface area contributed by atoms with E-state index in [1.807, 2.05) is 6.92 Å². The molecule has 0 heterocycles. The van der Waals surface area contributed by atoms with Gasteiger partial charge in [-0.15, -0.1) is 0 Å². The van der Waals surface area contributed by atoms with Gasteiger partial charge in [-0.05, 0) is 12.8 Å². The summed E-state index contributed by atoms with van der Waals surface area (Å²) in [5.74, 6) is 0. The van der Waals surface area contributed by atoms with Gasteiger partial charge in [0.1, 0.15) is 0 Å². The van der Waals surface area contributed by atoms with Crippen molar-refractivity contribution in [2.75, 3.05) is 20.6 Å². The predicted octanol–water partition coefficient (Wildman–Crippen LogP) is 1.33. The normalized spacial score (nSPS) is 13.1. The third-order valence-corrected chi connectivity index (χ3v) is 4.10. The van der Waals surface area contributed by atoms with Gasteiger partial charge in [-0.1, -0.05) is 58.3 Å². The van der Waals surface area contributed by atoms with Crippen LogP contribution < -0.4 is 17.0 Å². The summed E-state index contributed by atoms with van der Waals surface area (Å²) in [6.07, 6.45) is 13.5. The van der Waals surface area contributed by atoms with E-state index in [4.69, 9.17) is 0 Å². The molecule has 0 radical (unpaired) electrons. The highest BCUT2D eigenvalue weighted by Gasteiger charge is 2.19. The number of hydrogen-bond acceptors (Lipinski definition) is 1. The van der Waals surface area contributed by atoms with Gasteiger partial charge in [0.2, 0.25) is 0 Å². The largest absolute Gasteiger partial charge is 1.00 e. The van der Waals surface area contributed by atoms with Gasteiger partial charge in [-0.25, -0.2) is 0 Å². The lowest BCUT2D eigenvalue weighted by Gasteiger charge is -2.32. The summed E-state index contributed by atoms with van der Waals surface area (Å²) in [6.45, 7) is 5.25. The zero-order valence-electron chi connectivity index (χ0n) is 13.6. The molecule has 0 amide bonds. The quantitative estimate of drug-likeness (QED) is 0.323. The van der Waals surface area contributed by atoms with Gasteiger partial charge >= 0.3 is 0 Å². The first-order valence-electron chi connectivity index (χ1n) is 8.01. The Morgan fingerprint density at radius 1 is 0.789 bits per heavy atom. The van der Waals surface area contributed by atoms with Crippen molar-refractivity contribution in [1.29, 1.82) is 0 Å². The third-order valence-electron chi connectivity index (χ3n) is 4.10. The Morgan fingerprint density at radius 2 is 1.16 bits per heavy atom. The Labute approximate surface area is 131 Å². The molecule has 0 fully saturated rings. The van der Waals surface area contributed by atoms with Crippen molar-refractivity contribution in [3.63, 3.8) is 0 Å². The Hall–Kier alpha value is 0.400. The molecular formula is C16H36BrNO. The average Bonchev–Trinajstić information content (AvgIpc) is 2.31. The van der Waals surface area contributed by atoms with Gasteiger partial charge in [0, 0.05) is 6.92 Å². The number of rotatable bonds is 12. The highest BCUT2D eigenvalue weighted by Crippen LogP contribution is 2.12. The van der Waals surface area contributed by atoms with Crippen LogP contribution in [-0.4, -0.2) is 36.5 Å². The fourth-order valence-corrected chi connectivity index (χ4v) is 2.19. The van der Waals surface area contributed by atoms with Crippen molar-refractivity contribution < 1.29 is 26.6 Å². The Kier molecular flexibility index (Phi) is 15.3. The van der Waals surface area contributed by atoms with Crippen LogP contribution in [0.2, 0.25) is 0 Å². The molecule has 3 heteroatoms. The summed E-state index contributed by atoms with van der Waals surface area (Å²) >= 11 is 0. The maximum Gasteiger partial charge on any atom is 0.187 e. The Morgan fingerprint density at radius 3 is 1.53 bits per heavy atom.